The first-order valence-corrected chi connectivity index (χ1v) is 6.66. The molecule has 0 saturated carbocycles. The summed E-state index contributed by atoms with van der Waals surface area (Å²) in [5, 5.41) is 2.11. The van der Waals surface area contributed by atoms with Gasteiger partial charge in [-0.2, -0.15) is 0 Å². The van der Waals surface area contributed by atoms with E-state index < -0.39 is 0 Å². The Balaban J connectivity index is 2.07. The smallest absolute Gasteiger partial charge is 0.0926 e. The topological polar surface area (TPSA) is 57.9 Å². The summed E-state index contributed by atoms with van der Waals surface area (Å²) in [4.78, 5) is 11.4. The van der Waals surface area contributed by atoms with Crippen molar-refractivity contribution in [1.82, 2.24) is 14.9 Å². The van der Waals surface area contributed by atoms with Crippen LogP contribution in [0.1, 0.15) is 22.3 Å². The molecule has 2 aromatic heterocycles. The molecule has 90 valence electrons. The minimum atomic E-state index is 0.249. The van der Waals surface area contributed by atoms with Crippen molar-refractivity contribution in [3.63, 3.8) is 0 Å². The van der Waals surface area contributed by atoms with Crippen LogP contribution in [0.3, 0.4) is 0 Å². The Kier molecular flexibility index (Phi) is 2.74. The fraction of sp³-hybridized carbons (Fsp3) is 0.417. The van der Waals surface area contributed by atoms with Crippen LogP contribution >= 0.6 is 11.3 Å². The molecular weight excluding hydrogens is 232 g/mol. The molecule has 4 nitrogen and oxygen atoms in total. The summed E-state index contributed by atoms with van der Waals surface area (Å²) in [7, 11) is 2.14. The lowest BCUT2D eigenvalue weighted by Crippen LogP contribution is -2.45. The van der Waals surface area contributed by atoms with Crippen molar-refractivity contribution in [1.29, 1.82) is 0 Å². The van der Waals surface area contributed by atoms with Crippen LogP contribution in [-0.4, -0.2) is 34.5 Å². The lowest BCUT2D eigenvalue weighted by molar-refractivity contribution is 0.182. The number of imidazole rings is 1. The normalized spacial score (nSPS) is 24.8. The van der Waals surface area contributed by atoms with E-state index in [-0.39, 0.29) is 6.04 Å². The van der Waals surface area contributed by atoms with E-state index in [4.69, 9.17) is 5.73 Å². The second-order valence-electron chi connectivity index (χ2n) is 4.44. The van der Waals surface area contributed by atoms with Gasteiger partial charge in [0, 0.05) is 29.6 Å². The number of aromatic nitrogens is 2. The van der Waals surface area contributed by atoms with Gasteiger partial charge in [-0.15, -0.1) is 11.3 Å². The van der Waals surface area contributed by atoms with Crippen LogP contribution in [0, 0.1) is 0 Å². The van der Waals surface area contributed by atoms with Crippen molar-refractivity contribution >= 4 is 11.3 Å². The summed E-state index contributed by atoms with van der Waals surface area (Å²) in [6, 6.07) is 4.89. The van der Waals surface area contributed by atoms with Crippen molar-refractivity contribution in [2.24, 2.45) is 5.73 Å². The molecule has 3 heterocycles. The van der Waals surface area contributed by atoms with Gasteiger partial charge in [-0.25, -0.2) is 4.98 Å². The van der Waals surface area contributed by atoms with Crippen molar-refractivity contribution in [2.45, 2.75) is 18.5 Å². The Morgan fingerprint density at radius 3 is 3.24 bits per heavy atom. The number of nitrogens with one attached hydrogen (secondary N) is 1. The molecule has 1 aliphatic rings. The van der Waals surface area contributed by atoms with Gasteiger partial charge in [0.25, 0.3) is 0 Å². The van der Waals surface area contributed by atoms with Crippen molar-refractivity contribution in [3.05, 3.63) is 40.1 Å². The van der Waals surface area contributed by atoms with Gasteiger partial charge in [0.1, 0.15) is 0 Å². The highest BCUT2D eigenvalue weighted by molar-refractivity contribution is 7.10. The van der Waals surface area contributed by atoms with Gasteiger partial charge in [-0.3, -0.25) is 4.90 Å². The monoisotopic (exact) mass is 248 g/mol. The number of thiophene rings is 1. The summed E-state index contributed by atoms with van der Waals surface area (Å²) in [5.74, 6) is 0. The minimum Gasteiger partial charge on any atom is -0.348 e. The first-order valence-electron chi connectivity index (χ1n) is 5.78. The molecule has 2 aromatic rings. The van der Waals surface area contributed by atoms with Crippen LogP contribution in [0.5, 0.6) is 0 Å². The number of rotatable bonds is 2. The number of likely N-dealkylation sites (N-methyl/N-ethyl adjacent to an activating group) is 1. The van der Waals surface area contributed by atoms with E-state index in [1.807, 2.05) is 0 Å². The van der Waals surface area contributed by atoms with Gasteiger partial charge >= 0.3 is 0 Å². The molecular formula is C12H16N4S. The first-order chi connectivity index (χ1) is 8.31. The Hall–Kier alpha value is -1.17. The van der Waals surface area contributed by atoms with Crippen LogP contribution in [0.15, 0.2) is 23.8 Å². The van der Waals surface area contributed by atoms with Crippen LogP contribution in [0.2, 0.25) is 0 Å². The Bertz CT molecular complexity index is 490. The fourth-order valence-electron chi connectivity index (χ4n) is 2.55. The highest BCUT2D eigenvalue weighted by Gasteiger charge is 2.34. The zero-order valence-corrected chi connectivity index (χ0v) is 10.6. The third kappa shape index (κ3) is 1.71. The molecule has 2 unspecified atom stereocenters. The molecule has 0 fully saturated rings. The van der Waals surface area contributed by atoms with E-state index in [1.54, 1.807) is 17.7 Å². The zero-order valence-electron chi connectivity index (χ0n) is 9.76. The number of hydrogen-bond donors (Lipinski definition) is 2. The van der Waals surface area contributed by atoms with E-state index in [1.165, 1.54) is 10.6 Å². The minimum absolute atomic E-state index is 0.249. The summed E-state index contributed by atoms with van der Waals surface area (Å²) in [6.45, 7) is 0.677. The summed E-state index contributed by atoms with van der Waals surface area (Å²) in [6.07, 6.45) is 2.75. The number of nitrogens with zero attached hydrogens (tertiary/aromatic N) is 2. The Morgan fingerprint density at radius 1 is 1.65 bits per heavy atom. The molecule has 0 aromatic carbocycles. The summed E-state index contributed by atoms with van der Waals surface area (Å²) in [5.41, 5.74) is 8.25. The third-order valence-corrected chi connectivity index (χ3v) is 4.44. The molecule has 0 radical (unpaired) electrons. The number of hydrogen-bond acceptors (Lipinski definition) is 4. The highest BCUT2D eigenvalue weighted by atomic mass is 32.1. The Labute approximate surface area is 104 Å². The lowest BCUT2D eigenvalue weighted by atomic mass is 9.96. The van der Waals surface area contributed by atoms with Gasteiger partial charge in [0.05, 0.1) is 18.1 Å². The number of fused-ring (bicyclic) bond motifs is 1. The summed E-state index contributed by atoms with van der Waals surface area (Å²) < 4.78 is 0. The number of aromatic amines is 1. The van der Waals surface area contributed by atoms with Gasteiger partial charge in [0.15, 0.2) is 0 Å². The SMILES string of the molecule is CN1C(CN)Cc2[nH]cnc2C1c1cccs1. The molecule has 0 amide bonds. The van der Waals surface area contributed by atoms with Gasteiger partial charge < -0.3 is 10.7 Å². The predicted molar refractivity (Wildman–Crippen MR) is 69.1 cm³/mol. The molecule has 0 spiro atoms. The van der Waals surface area contributed by atoms with Crippen molar-refractivity contribution < 1.29 is 0 Å². The third-order valence-electron chi connectivity index (χ3n) is 3.52. The maximum absolute atomic E-state index is 5.86. The number of nitrogens with two attached hydrogens (primary N) is 1. The summed E-state index contributed by atoms with van der Waals surface area (Å²) >= 11 is 1.78. The zero-order chi connectivity index (χ0) is 11.8. The van der Waals surface area contributed by atoms with Crippen LogP contribution in [0.4, 0.5) is 0 Å². The van der Waals surface area contributed by atoms with Crippen molar-refractivity contribution in [2.75, 3.05) is 13.6 Å². The van der Waals surface area contributed by atoms with E-state index in [0.29, 0.717) is 12.6 Å². The maximum Gasteiger partial charge on any atom is 0.0926 e. The second-order valence-corrected chi connectivity index (χ2v) is 5.42. The second kappa shape index (κ2) is 4.25. The largest absolute Gasteiger partial charge is 0.348 e. The first kappa shape index (κ1) is 11.0. The molecule has 17 heavy (non-hydrogen) atoms. The average molecular weight is 248 g/mol. The lowest BCUT2D eigenvalue weighted by Gasteiger charge is -2.37. The van der Waals surface area contributed by atoms with E-state index in [2.05, 4.69) is 39.4 Å². The molecule has 5 heteroatoms. The molecule has 3 N–H and O–H groups in total. The van der Waals surface area contributed by atoms with Gasteiger partial charge in [-0.05, 0) is 18.5 Å². The molecule has 0 aliphatic carbocycles. The Morgan fingerprint density at radius 2 is 2.53 bits per heavy atom. The van der Waals surface area contributed by atoms with Crippen LogP contribution in [0.25, 0.3) is 0 Å². The standard InChI is InChI=1S/C12H16N4S/c1-16-8(6-13)5-9-11(15-7-14-9)12(16)10-3-2-4-17-10/h2-4,7-8,12H,5-6,13H2,1H3,(H,14,15). The maximum atomic E-state index is 5.86. The molecule has 1 aliphatic heterocycles. The predicted octanol–water partition coefficient (Wildman–Crippen LogP) is 1.38. The van der Waals surface area contributed by atoms with Crippen LogP contribution < -0.4 is 5.73 Å². The highest BCUT2D eigenvalue weighted by Crippen LogP contribution is 2.36. The van der Waals surface area contributed by atoms with Crippen LogP contribution in [-0.2, 0) is 6.42 Å². The van der Waals surface area contributed by atoms with E-state index >= 15 is 0 Å². The van der Waals surface area contributed by atoms with E-state index in [9.17, 15) is 0 Å². The van der Waals surface area contributed by atoms with E-state index in [0.717, 1.165) is 12.1 Å². The molecule has 3 rings (SSSR count). The van der Waals surface area contributed by atoms with Gasteiger partial charge in [-0.1, -0.05) is 6.07 Å². The molecule has 2 atom stereocenters. The molecule has 0 bridgehead atoms. The fourth-order valence-corrected chi connectivity index (χ4v) is 3.42. The number of H-pyrrole nitrogens is 1. The van der Waals surface area contributed by atoms with Crippen molar-refractivity contribution in [3.8, 4) is 0 Å². The van der Waals surface area contributed by atoms with Gasteiger partial charge in [0.2, 0.25) is 0 Å². The molecule has 0 saturated heterocycles. The quantitative estimate of drug-likeness (QED) is 0.844. The average Bonchev–Trinajstić information content (AvgIpc) is 2.97.